The van der Waals surface area contributed by atoms with E-state index in [4.69, 9.17) is 23.8 Å². The molecule has 176 valence electrons. The highest BCUT2D eigenvalue weighted by atomic mass is 35.5. The quantitative estimate of drug-likeness (QED) is 0.355. The first-order valence-electron chi connectivity index (χ1n) is 10.7. The van der Waals surface area contributed by atoms with Gasteiger partial charge in [-0.2, -0.15) is 13.2 Å². The zero-order chi connectivity index (χ0) is 23.8. The molecule has 2 aromatic heterocycles. The minimum atomic E-state index is -4.46. The molecule has 0 saturated carbocycles. The van der Waals surface area contributed by atoms with E-state index in [-0.39, 0.29) is 17.1 Å². The number of nitrogens with one attached hydrogen (secondary N) is 1. The summed E-state index contributed by atoms with van der Waals surface area (Å²) >= 11 is 13.6. The van der Waals surface area contributed by atoms with E-state index in [0.717, 1.165) is 45.9 Å². The van der Waals surface area contributed by atoms with E-state index in [1.54, 1.807) is 11.5 Å². The summed E-state index contributed by atoms with van der Waals surface area (Å²) in [6, 6.07) is 11.6. The van der Waals surface area contributed by atoms with Crippen LogP contribution in [0.1, 0.15) is 38.3 Å². The highest BCUT2D eigenvalue weighted by Crippen LogP contribution is 2.39. The van der Waals surface area contributed by atoms with Crippen molar-refractivity contribution in [1.82, 2.24) is 8.94 Å². The van der Waals surface area contributed by atoms with Crippen LogP contribution < -0.4 is 10.2 Å². The molecule has 0 atom stereocenters. The van der Waals surface area contributed by atoms with Crippen LogP contribution in [0.15, 0.2) is 42.6 Å². The standard InChI is InChI=1S/C23H24ClF3N4S2/c1-14(2)31-22(32)19(20(33-31)15-6-4-3-5-7-15)29-17-8-10-30(11-9-17)21-18(24)12-16(13-28-21)23(25,26)27/h3-7,12-14,17,29H,8-11H2,1-2H3. The third-order valence-electron chi connectivity index (χ3n) is 5.63. The zero-order valence-corrected chi connectivity index (χ0v) is 20.6. The Bertz CT molecular complexity index is 1170. The minimum Gasteiger partial charge on any atom is -0.379 e. The van der Waals surface area contributed by atoms with Crippen molar-refractivity contribution in [2.24, 2.45) is 0 Å². The summed E-state index contributed by atoms with van der Waals surface area (Å²) in [5.74, 6) is 0.394. The Kier molecular flexibility index (Phi) is 7.02. The molecule has 0 bridgehead atoms. The van der Waals surface area contributed by atoms with Crippen LogP contribution >= 0.6 is 35.4 Å². The van der Waals surface area contributed by atoms with Crippen LogP contribution in [0.25, 0.3) is 10.4 Å². The zero-order valence-electron chi connectivity index (χ0n) is 18.2. The normalized spacial score (nSPS) is 15.3. The topological polar surface area (TPSA) is 33.1 Å². The molecule has 4 rings (SSSR count). The molecule has 4 nitrogen and oxygen atoms in total. The van der Waals surface area contributed by atoms with Gasteiger partial charge in [-0.1, -0.05) is 65.7 Å². The Balaban J connectivity index is 1.50. The summed E-state index contributed by atoms with van der Waals surface area (Å²) < 4.78 is 41.7. The number of pyridine rings is 1. The molecule has 33 heavy (non-hydrogen) atoms. The molecule has 3 heterocycles. The maximum absolute atomic E-state index is 12.9. The van der Waals surface area contributed by atoms with Gasteiger partial charge in [0.15, 0.2) is 0 Å². The maximum atomic E-state index is 12.9. The van der Waals surface area contributed by atoms with E-state index in [9.17, 15) is 13.2 Å². The lowest BCUT2D eigenvalue weighted by atomic mass is 10.0. The fraction of sp³-hybridized carbons (Fsp3) is 0.391. The number of piperidine rings is 1. The summed E-state index contributed by atoms with van der Waals surface area (Å²) in [5.41, 5.74) is 1.25. The Morgan fingerprint density at radius 1 is 1.18 bits per heavy atom. The fourth-order valence-corrected chi connectivity index (χ4v) is 5.81. The smallest absolute Gasteiger partial charge is 0.379 e. The lowest BCUT2D eigenvalue weighted by Crippen LogP contribution is -2.39. The molecule has 1 fully saturated rings. The molecule has 0 radical (unpaired) electrons. The van der Waals surface area contributed by atoms with Gasteiger partial charge in [-0.05, 0) is 38.3 Å². The van der Waals surface area contributed by atoms with Gasteiger partial charge in [-0.3, -0.25) is 3.96 Å². The lowest BCUT2D eigenvalue weighted by molar-refractivity contribution is -0.137. The molecule has 0 aliphatic carbocycles. The number of rotatable bonds is 5. The van der Waals surface area contributed by atoms with Gasteiger partial charge in [0.05, 0.1) is 21.2 Å². The first kappa shape index (κ1) is 24.0. The summed E-state index contributed by atoms with van der Waals surface area (Å²) in [4.78, 5) is 7.06. The van der Waals surface area contributed by atoms with Crippen LogP contribution in [-0.2, 0) is 6.18 Å². The second-order valence-corrected chi connectivity index (χ2v) is 10.1. The Hall–Kier alpha value is -2.10. The van der Waals surface area contributed by atoms with Crippen LogP contribution in [-0.4, -0.2) is 28.1 Å². The molecule has 1 N–H and O–H groups in total. The second-order valence-electron chi connectivity index (χ2n) is 8.32. The second kappa shape index (κ2) is 9.64. The van der Waals surface area contributed by atoms with Crippen molar-refractivity contribution >= 4 is 46.9 Å². The predicted octanol–water partition coefficient (Wildman–Crippen LogP) is 7.68. The minimum absolute atomic E-state index is 0.0197. The van der Waals surface area contributed by atoms with E-state index in [1.165, 1.54) is 0 Å². The van der Waals surface area contributed by atoms with Gasteiger partial charge < -0.3 is 10.2 Å². The van der Waals surface area contributed by atoms with Crippen molar-refractivity contribution < 1.29 is 13.2 Å². The van der Waals surface area contributed by atoms with E-state index in [1.807, 2.05) is 23.1 Å². The van der Waals surface area contributed by atoms with Gasteiger partial charge >= 0.3 is 6.18 Å². The number of alkyl halides is 3. The molecule has 1 saturated heterocycles. The van der Waals surface area contributed by atoms with Gasteiger partial charge in [0.1, 0.15) is 10.5 Å². The highest BCUT2D eigenvalue weighted by Gasteiger charge is 2.32. The Morgan fingerprint density at radius 2 is 1.85 bits per heavy atom. The molecule has 3 aromatic rings. The van der Waals surface area contributed by atoms with Gasteiger partial charge in [-0.15, -0.1) is 0 Å². The number of halogens is 4. The molecular formula is C23H24ClF3N4S2. The number of hydrogen-bond acceptors (Lipinski definition) is 5. The third-order valence-corrected chi connectivity index (χ3v) is 7.85. The largest absolute Gasteiger partial charge is 0.417 e. The van der Waals surface area contributed by atoms with Gasteiger partial charge in [0, 0.05) is 31.4 Å². The molecule has 0 amide bonds. The van der Waals surface area contributed by atoms with Crippen LogP contribution in [0, 0.1) is 4.64 Å². The molecule has 1 aliphatic rings. The molecule has 10 heteroatoms. The first-order chi connectivity index (χ1) is 15.6. The van der Waals surface area contributed by atoms with Gasteiger partial charge in [-0.25, -0.2) is 4.98 Å². The van der Waals surface area contributed by atoms with Gasteiger partial charge in [0.25, 0.3) is 0 Å². The van der Waals surface area contributed by atoms with E-state index in [2.05, 4.69) is 40.2 Å². The van der Waals surface area contributed by atoms with Crippen molar-refractivity contribution in [2.45, 2.75) is 44.9 Å². The third kappa shape index (κ3) is 5.20. The fourth-order valence-electron chi connectivity index (χ4n) is 3.90. The van der Waals surface area contributed by atoms with E-state index < -0.39 is 11.7 Å². The van der Waals surface area contributed by atoms with Crippen LogP contribution in [0.5, 0.6) is 0 Å². The molecule has 1 aromatic carbocycles. The SMILES string of the molecule is CC(C)n1sc(-c2ccccc2)c(NC2CCN(c3ncc(C(F)(F)F)cc3Cl)CC2)c1=S. The highest BCUT2D eigenvalue weighted by molar-refractivity contribution is 7.71. The van der Waals surface area contributed by atoms with E-state index >= 15 is 0 Å². The summed E-state index contributed by atoms with van der Waals surface area (Å²) in [6.07, 6.45) is -2.03. The number of nitrogens with zero attached hydrogens (tertiary/aromatic N) is 3. The van der Waals surface area contributed by atoms with Gasteiger partial charge in [0.2, 0.25) is 0 Å². The average molecular weight is 513 g/mol. The Morgan fingerprint density at radius 3 is 2.42 bits per heavy atom. The lowest BCUT2D eigenvalue weighted by Gasteiger charge is -2.34. The first-order valence-corrected chi connectivity index (χ1v) is 12.3. The number of anilines is 2. The predicted molar refractivity (Wildman–Crippen MR) is 132 cm³/mol. The van der Waals surface area contributed by atoms with Crippen molar-refractivity contribution in [3.8, 4) is 10.4 Å². The molecular weight excluding hydrogens is 489 g/mol. The maximum Gasteiger partial charge on any atom is 0.417 e. The van der Waals surface area contributed by atoms with Crippen LogP contribution in [0.4, 0.5) is 24.7 Å². The summed E-state index contributed by atoms with van der Waals surface area (Å²) in [6.45, 7) is 5.50. The average Bonchev–Trinajstić information content (AvgIpc) is 3.11. The summed E-state index contributed by atoms with van der Waals surface area (Å²) in [7, 11) is 0. The molecule has 0 unspecified atom stereocenters. The number of hydrogen-bond donors (Lipinski definition) is 1. The number of aromatic nitrogens is 2. The van der Waals surface area contributed by atoms with Crippen LogP contribution in [0.3, 0.4) is 0 Å². The Labute approximate surface area is 205 Å². The monoisotopic (exact) mass is 512 g/mol. The van der Waals surface area contributed by atoms with Crippen molar-refractivity contribution in [1.29, 1.82) is 0 Å². The summed E-state index contributed by atoms with van der Waals surface area (Å²) in [5, 5.41) is 3.68. The van der Waals surface area contributed by atoms with Crippen molar-refractivity contribution in [2.75, 3.05) is 23.3 Å². The van der Waals surface area contributed by atoms with Crippen molar-refractivity contribution in [3.05, 3.63) is 57.8 Å². The van der Waals surface area contributed by atoms with Crippen molar-refractivity contribution in [3.63, 3.8) is 0 Å². The van der Waals surface area contributed by atoms with Crippen LogP contribution in [0.2, 0.25) is 5.02 Å². The van der Waals surface area contributed by atoms with E-state index in [0.29, 0.717) is 18.9 Å². The molecule has 1 aliphatic heterocycles. The number of benzene rings is 1. The molecule has 0 spiro atoms.